The Bertz CT molecular complexity index is 1390. The van der Waals surface area contributed by atoms with Crippen LogP contribution in [0, 0.1) is 17.6 Å². The van der Waals surface area contributed by atoms with E-state index >= 15 is 4.39 Å². The van der Waals surface area contributed by atoms with Gasteiger partial charge in [0.1, 0.15) is 11.3 Å². The van der Waals surface area contributed by atoms with Gasteiger partial charge in [-0.2, -0.15) is 5.10 Å². The molecule has 0 spiro atoms. The monoisotopic (exact) mass is 467 g/mol. The van der Waals surface area contributed by atoms with Crippen LogP contribution in [0.4, 0.5) is 8.78 Å². The van der Waals surface area contributed by atoms with E-state index in [2.05, 4.69) is 10.2 Å². The van der Waals surface area contributed by atoms with Crippen molar-refractivity contribution in [1.29, 1.82) is 0 Å². The van der Waals surface area contributed by atoms with Gasteiger partial charge in [-0.3, -0.25) is 9.89 Å². The topological polar surface area (TPSA) is 80.1 Å². The fraction of sp³-hybridized carbons (Fsp3) is 0.385. The average molecular weight is 468 g/mol. The van der Waals surface area contributed by atoms with Gasteiger partial charge < -0.3 is 14.4 Å². The lowest BCUT2D eigenvalue weighted by molar-refractivity contribution is -0.141. The summed E-state index contributed by atoms with van der Waals surface area (Å²) in [5.74, 6) is -2.19. The lowest BCUT2D eigenvalue weighted by atomic mass is 9.82. The number of rotatable bonds is 6. The van der Waals surface area contributed by atoms with Crippen LogP contribution in [0.3, 0.4) is 0 Å². The van der Waals surface area contributed by atoms with E-state index in [0.29, 0.717) is 53.4 Å². The molecule has 5 rings (SSSR count). The molecule has 178 valence electrons. The first-order chi connectivity index (χ1) is 16.2. The molecule has 0 bridgehead atoms. The van der Waals surface area contributed by atoms with Crippen LogP contribution in [-0.4, -0.2) is 39.6 Å². The van der Waals surface area contributed by atoms with Crippen molar-refractivity contribution in [2.45, 2.75) is 44.4 Å². The molecule has 1 saturated carbocycles. The molecular weight excluding hydrogens is 440 g/mol. The number of H-pyrrole nitrogens is 1. The fourth-order valence-electron chi connectivity index (χ4n) is 5.65. The zero-order chi connectivity index (χ0) is 24.2. The molecule has 2 atom stereocenters. The van der Waals surface area contributed by atoms with Crippen molar-refractivity contribution in [3.05, 3.63) is 59.4 Å². The highest BCUT2D eigenvalue weighted by molar-refractivity contribution is 6.00. The molecule has 34 heavy (non-hydrogen) atoms. The highest BCUT2D eigenvalue weighted by Crippen LogP contribution is 2.49. The number of nitrogens with one attached hydrogen (secondary N) is 1. The number of hydrogen-bond acceptors (Lipinski definition) is 3. The van der Waals surface area contributed by atoms with Gasteiger partial charge in [0.2, 0.25) is 0 Å². The first-order valence-electron chi connectivity index (χ1n) is 11.4. The van der Waals surface area contributed by atoms with Crippen LogP contribution in [0.25, 0.3) is 27.5 Å². The fourth-order valence-corrected chi connectivity index (χ4v) is 5.65. The maximum atomic E-state index is 16.1. The van der Waals surface area contributed by atoms with Gasteiger partial charge in [0, 0.05) is 34.7 Å². The van der Waals surface area contributed by atoms with E-state index in [-0.39, 0.29) is 11.7 Å². The van der Waals surface area contributed by atoms with Crippen LogP contribution >= 0.6 is 0 Å². The normalized spacial score (nSPS) is 18.9. The molecule has 0 amide bonds. The maximum absolute atomic E-state index is 16.1. The van der Waals surface area contributed by atoms with E-state index in [1.165, 1.54) is 12.1 Å². The van der Waals surface area contributed by atoms with Gasteiger partial charge in [0.15, 0.2) is 5.82 Å². The molecular formula is C26H27F2N3O3. The number of carbonyl (C=O) groups is 1. The number of benzene rings is 2. The quantitative estimate of drug-likeness (QED) is 0.383. The summed E-state index contributed by atoms with van der Waals surface area (Å²) in [6.07, 6.45) is 3.21. The third-order valence-electron chi connectivity index (χ3n) is 7.07. The summed E-state index contributed by atoms with van der Waals surface area (Å²) in [4.78, 5) is 11.7. The summed E-state index contributed by atoms with van der Waals surface area (Å²) in [7, 11) is 1.62. The second-order valence-electron chi connectivity index (χ2n) is 9.86. The van der Waals surface area contributed by atoms with E-state index in [4.69, 9.17) is 4.74 Å². The molecule has 0 saturated heterocycles. The summed E-state index contributed by atoms with van der Waals surface area (Å²) in [5.41, 5.74) is 2.77. The van der Waals surface area contributed by atoms with Crippen molar-refractivity contribution in [3.8, 4) is 5.69 Å². The molecule has 0 aliphatic heterocycles. The predicted molar refractivity (Wildman–Crippen MR) is 125 cm³/mol. The first kappa shape index (κ1) is 22.5. The third-order valence-corrected chi connectivity index (χ3v) is 7.07. The van der Waals surface area contributed by atoms with Gasteiger partial charge in [-0.25, -0.2) is 8.78 Å². The number of hydrogen-bond donors (Lipinski definition) is 2. The first-order valence-corrected chi connectivity index (χ1v) is 11.4. The van der Waals surface area contributed by atoms with Crippen molar-refractivity contribution in [3.63, 3.8) is 0 Å². The van der Waals surface area contributed by atoms with Gasteiger partial charge in [-0.05, 0) is 61.1 Å². The van der Waals surface area contributed by atoms with Crippen molar-refractivity contribution in [2.24, 2.45) is 5.92 Å². The van der Waals surface area contributed by atoms with Crippen molar-refractivity contribution in [1.82, 2.24) is 14.8 Å². The van der Waals surface area contributed by atoms with Crippen LogP contribution in [-0.2, 0) is 14.9 Å². The zero-order valence-corrected chi connectivity index (χ0v) is 19.4. The largest absolute Gasteiger partial charge is 0.481 e. The van der Waals surface area contributed by atoms with Crippen LogP contribution < -0.4 is 0 Å². The van der Waals surface area contributed by atoms with Gasteiger partial charge in [-0.1, -0.05) is 13.8 Å². The molecule has 8 heteroatoms. The summed E-state index contributed by atoms with van der Waals surface area (Å²) >= 11 is 0. The number of fused-ring (bicyclic) bond motifs is 2. The molecule has 0 unspecified atom stereocenters. The minimum atomic E-state index is -0.820. The van der Waals surface area contributed by atoms with Gasteiger partial charge in [0.25, 0.3) is 0 Å². The van der Waals surface area contributed by atoms with E-state index in [1.807, 2.05) is 24.5 Å². The molecule has 2 heterocycles. The second-order valence-corrected chi connectivity index (χ2v) is 9.86. The van der Waals surface area contributed by atoms with Crippen LogP contribution in [0.2, 0.25) is 0 Å². The number of aromatic amines is 1. The number of aromatic nitrogens is 3. The number of carboxylic acid groups (broad SMARTS) is 1. The SMILES string of the molecule is COCC(C)(C)c1c([C@@H]2CC[C@@H](C(=O)O)C2)c2c(F)c3[nH]ncc3cc2n1-c1ccc(F)cc1. The molecule has 2 aromatic heterocycles. The van der Waals surface area contributed by atoms with Crippen LogP contribution in [0.1, 0.15) is 50.3 Å². The lowest BCUT2D eigenvalue weighted by Gasteiger charge is -2.29. The van der Waals surface area contributed by atoms with Crippen LogP contribution in [0.5, 0.6) is 0 Å². The number of halogens is 2. The second kappa shape index (κ2) is 8.20. The maximum Gasteiger partial charge on any atom is 0.306 e. The van der Waals surface area contributed by atoms with E-state index < -0.39 is 23.1 Å². The summed E-state index contributed by atoms with van der Waals surface area (Å²) in [6, 6.07) is 8.02. The number of nitrogens with zero attached hydrogens (tertiary/aromatic N) is 2. The Morgan fingerprint density at radius 2 is 2.00 bits per heavy atom. The Hall–Kier alpha value is -3.26. The van der Waals surface area contributed by atoms with Crippen molar-refractivity contribution >= 4 is 27.8 Å². The summed E-state index contributed by atoms with van der Waals surface area (Å²) in [6.45, 7) is 4.43. The number of carboxylic acids is 1. The lowest BCUT2D eigenvalue weighted by Crippen LogP contribution is -2.28. The van der Waals surface area contributed by atoms with E-state index in [0.717, 1.165) is 11.3 Å². The molecule has 1 aliphatic carbocycles. The third kappa shape index (κ3) is 3.48. The van der Waals surface area contributed by atoms with E-state index in [9.17, 15) is 14.3 Å². The Kier molecular flexibility index (Phi) is 5.43. The molecule has 1 aliphatic rings. The number of methoxy groups -OCH3 is 1. The number of ether oxygens (including phenoxy) is 1. The van der Waals surface area contributed by atoms with Gasteiger partial charge >= 0.3 is 5.97 Å². The van der Waals surface area contributed by atoms with Gasteiger partial charge in [-0.15, -0.1) is 0 Å². The Labute approximate surface area is 195 Å². The van der Waals surface area contributed by atoms with E-state index in [1.54, 1.807) is 25.4 Å². The Morgan fingerprint density at radius 3 is 2.65 bits per heavy atom. The molecule has 6 nitrogen and oxygen atoms in total. The minimum Gasteiger partial charge on any atom is -0.481 e. The Balaban J connectivity index is 1.91. The van der Waals surface area contributed by atoms with Crippen molar-refractivity contribution in [2.75, 3.05) is 13.7 Å². The standard InChI is InChI=1S/C26H27F2N3O3/c1-26(2,13-34-3)24-20(14-4-5-15(10-14)25(32)33)21-19(11-16-12-29-30-23(16)22(21)28)31(24)18-8-6-17(27)7-9-18/h6-9,11-12,14-15H,4-5,10,13H2,1-3H3,(H,29,30)(H,32,33)/t14-,15-/m1/s1. The molecule has 1 fully saturated rings. The molecule has 2 N–H and O–H groups in total. The average Bonchev–Trinajstić information content (AvgIpc) is 3.51. The molecule has 0 radical (unpaired) electrons. The summed E-state index contributed by atoms with van der Waals surface area (Å²) < 4.78 is 37.5. The van der Waals surface area contributed by atoms with Crippen LogP contribution in [0.15, 0.2) is 36.5 Å². The zero-order valence-electron chi connectivity index (χ0n) is 19.4. The number of aliphatic carboxylic acids is 1. The molecule has 4 aromatic rings. The van der Waals surface area contributed by atoms with Crippen molar-refractivity contribution < 1.29 is 23.4 Å². The highest BCUT2D eigenvalue weighted by atomic mass is 19.1. The molecule has 2 aromatic carbocycles. The van der Waals surface area contributed by atoms with Gasteiger partial charge in [0.05, 0.1) is 24.2 Å². The Morgan fingerprint density at radius 1 is 1.26 bits per heavy atom. The highest BCUT2D eigenvalue weighted by Gasteiger charge is 2.40. The summed E-state index contributed by atoms with van der Waals surface area (Å²) in [5, 5.41) is 17.5. The smallest absolute Gasteiger partial charge is 0.306 e. The predicted octanol–water partition coefficient (Wildman–Crippen LogP) is 5.68. The minimum absolute atomic E-state index is 0.133.